The van der Waals surface area contributed by atoms with E-state index in [-0.39, 0.29) is 23.9 Å². The van der Waals surface area contributed by atoms with Gasteiger partial charge in [-0.1, -0.05) is 32.1 Å². The smallest absolute Gasteiger partial charge is 0.306 e. The molecule has 0 aliphatic heterocycles. The number of nitrogens with zero attached hydrogens (tertiary/aromatic N) is 3. The molecule has 1 fully saturated rings. The molecule has 7 nitrogen and oxygen atoms in total. The van der Waals surface area contributed by atoms with Crippen molar-refractivity contribution >= 4 is 11.5 Å². The van der Waals surface area contributed by atoms with Gasteiger partial charge in [-0.3, -0.25) is 9.78 Å². The third-order valence-electron chi connectivity index (χ3n) is 7.77. The first-order valence-electron chi connectivity index (χ1n) is 13.9. The lowest BCUT2D eigenvalue weighted by molar-refractivity contribution is -0.143. The number of benzene rings is 1. The topological polar surface area (TPSA) is 83.4 Å². The summed E-state index contributed by atoms with van der Waals surface area (Å²) in [6, 6.07) is 9.47. The Morgan fingerprint density at radius 3 is 2.67 bits per heavy atom. The lowest BCUT2D eigenvalue weighted by atomic mass is 9.83. The minimum absolute atomic E-state index is 0.122. The van der Waals surface area contributed by atoms with Crippen molar-refractivity contribution in [2.75, 3.05) is 13.7 Å². The molecule has 1 atom stereocenters. The van der Waals surface area contributed by atoms with E-state index in [0.29, 0.717) is 53.2 Å². The number of hydrogen-bond donors (Lipinski definition) is 0. The molecule has 0 radical (unpaired) electrons. The van der Waals surface area contributed by atoms with Gasteiger partial charge in [0.05, 0.1) is 49.6 Å². The highest BCUT2D eigenvalue weighted by Gasteiger charge is 2.35. The van der Waals surface area contributed by atoms with Gasteiger partial charge in [-0.25, -0.2) is 14.4 Å². The average Bonchev–Trinajstić information content (AvgIpc) is 3.73. The molecule has 0 spiro atoms. The molecule has 0 bridgehead atoms. The van der Waals surface area contributed by atoms with Crippen LogP contribution < -0.4 is 9.47 Å². The van der Waals surface area contributed by atoms with E-state index in [1.54, 1.807) is 12.3 Å². The molecule has 8 heteroatoms. The Morgan fingerprint density at radius 1 is 1.15 bits per heavy atom. The fraction of sp³-hybridized carbons (Fsp3) is 0.438. The fourth-order valence-corrected chi connectivity index (χ4v) is 5.45. The van der Waals surface area contributed by atoms with Crippen LogP contribution >= 0.6 is 0 Å². The number of methoxy groups -OCH3 is 1. The van der Waals surface area contributed by atoms with Crippen LogP contribution in [-0.4, -0.2) is 34.6 Å². The summed E-state index contributed by atoms with van der Waals surface area (Å²) in [6.45, 7) is 6.75. The van der Waals surface area contributed by atoms with E-state index in [0.717, 1.165) is 43.0 Å². The Hall–Kier alpha value is -3.81. The number of aromatic nitrogens is 3. The van der Waals surface area contributed by atoms with Crippen molar-refractivity contribution in [3.8, 4) is 22.9 Å². The molecular formula is C32H36FN3O4. The van der Waals surface area contributed by atoms with E-state index >= 15 is 0 Å². The summed E-state index contributed by atoms with van der Waals surface area (Å²) < 4.78 is 31.6. The first kappa shape index (κ1) is 27.7. The van der Waals surface area contributed by atoms with E-state index in [2.05, 4.69) is 29.9 Å². The Kier molecular flexibility index (Phi) is 8.14. The number of allylic oxidation sites excluding steroid dienone is 2. The number of hydrogen-bond acceptors (Lipinski definition) is 7. The second kappa shape index (κ2) is 11.7. The van der Waals surface area contributed by atoms with Crippen molar-refractivity contribution in [3.05, 3.63) is 71.6 Å². The minimum Gasteiger partial charge on any atom is -0.487 e. The zero-order chi connectivity index (χ0) is 28.3. The molecule has 0 N–H and O–H groups in total. The van der Waals surface area contributed by atoms with Gasteiger partial charge in [0.1, 0.15) is 12.4 Å². The molecule has 1 saturated carbocycles. The fourth-order valence-electron chi connectivity index (χ4n) is 5.45. The predicted molar refractivity (Wildman–Crippen MR) is 150 cm³/mol. The molecule has 210 valence electrons. The van der Waals surface area contributed by atoms with Crippen molar-refractivity contribution < 1.29 is 23.4 Å². The largest absolute Gasteiger partial charge is 0.487 e. The Labute approximate surface area is 234 Å². The normalized spacial score (nSPS) is 16.8. The first-order valence-corrected chi connectivity index (χ1v) is 13.9. The van der Waals surface area contributed by atoms with Gasteiger partial charge < -0.3 is 14.2 Å². The average molecular weight is 546 g/mol. The van der Waals surface area contributed by atoms with E-state index in [9.17, 15) is 9.18 Å². The van der Waals surface area contributed by atoms with Crippen molar-refractivity contribution in [3.63, 3.8) is 0 Å². The number of halogens is 1. The van der Waals surface area contributed by atoms with Crippen LogP contribution in [0.3, 0.4) is 0 Å². The van der Waals surface area contributed by atoms with Crippen molar-refractivity contribution in [2.45, 2.75) is 65.4 Å². The molecule has 0 saturated heterocycles. The highest BCUT2D eigenvalue weighted by molar-refractivity contribution is 5.80. The molecule has 40 heavy (non-hydrogen) atoms. The predicted octanol–water partition coefficient (Wildman–Crippen LogP) is 6.92. The van der Waals surface area contributed by atoms with Crippen LogP contribution in [0.5, 0.6) is 11.6 Å². The monoisotopic (exact) mass is 545 g/mol. The molecule has 5 rings (SSSR count). The zero-order valence-electron chi connectivity index (χ0n) is 23.6. The lowest BCUT2D eigenvalue weighted by Gasteiger charge is -2.24. The second-order valence-electron chi connectivity index (χ2n) is 11.1. The molecule has 2 aliphatic carbocycles. The molecule has 0 amide bonds. The standard InChI is InChI=1S/C32H36FN3O4/c1-5-39-29(37)16-24(20-11-12-20)21-8-6-9-23(14-21)40-19-22-17-35-30(25-15-28(38-4)34-18-27(25)33)31(36-22)26-10-7-13-32(26,2)3/h6,8-10,14-15,17-18,20,24H,5,7,11-13,16,19H2,1-4H3/t24-/m0/s1. The summed E-state index contributed by atoms with van der Waals surface area (Å²) in [5.41, 5.74) is 4.03. The number of esters is 1. The van der Waals surface area contributed by atoms with E-state index < -0.39 is 5.82 Å². The van der Waals surface area contributed by atoms with E-state index in [1.807, 2.05) is 31.2 Å². The summed E-state index contributed by atoms with van der Waals surface area (Å²) in [7, 11) is 1.50. The Balaban J connectivity index is 1.41. The summed E-state index contributed by atoms with van der Waals surface area (Å²) in [4.78, 5) is 25.8. The minimum atomic E-state index is -0.485. The van der Waals surface area contributed by atoms with Crippen LogP contribution in [0.15, 0.2) is 48.8 Å². The van der Waals surface area contributed by atoms with E-state index in [1.165, 1.54) is 7.11 Å². The number of carbonyl (C=O) groups is 1. The van der Waals surface area contributed by atoms with Gasteiger partial charge in [0.25, 0.3) is 0 Å². The van der Waals surface area contributed by atoms with Crippen LogP contribution in [0.1, 0.15) is 75.7 Å². The van der Waals surface area contributed by atoms with Gasteiger partial charge in [0.2, 0.25) is 5.88 Å². The highest BCUT2D eigenvalue weighted by Crippen LogP contribution is 2.47. The molecule has 0 unspecified atom stereocenters. The summed E-state index contributed by atoms with van der Waals surface area (Å²) >= 11 is 0. The Morgan fingerprint density at radius 2 is 1.98 bits per heavy atom. The first-order chi connectivity index (χ1) is 19.3. The SMILES string of the molecule is CCOC(=O)C[C@H](c1cccc(OCc2cnc(-c3cc(OC)ncc3F)c(C3=CCCC3(C)C)n2)c1)C1CC1. The second-order valence-corrected chi connectivity index (χ2v) is 11.1. The maximum absolute atomic E-state index is 14.9. The van der Waals surface area contributed by atoms with Crippen LogP contribution in [0, 0.1) is 17.2 Å². The molecule has 2 aromatic heterocycles. The quantitative estimate of drug-likeness (QED) is 0.242. The number of pyridine rings is 1. The van der Waals surface area contributed by atoms with Gasteiger partial charge in [-0.15, -0.1) is 0 Å². The van der Waals surface area contributed by atoms with Crippen molar-refractivity contribution in [2.24, 2.45) is 11.3 Å². The van der Waals surface area contributed by atoms with Gasteiger partial charge >= 0.3 is 5.97 Å². The Bertz CT molecular complexity index is 1420. The van der Waals surface area contributed by atoms with E-state index in [4.69, 9.17) is 19.2 Å². The van der Waals surface area contributed by atoms with Crippen molar-refractivity contribution in [1.29, 1.82) is 0 Å². The number of ether oxygens (including phenoxy) is 3. The van der Waals surface area contributed by atoms with Crippen LogP contribution in [0.2, 0.25) is 0 Å². The third kappa shape index (κ3) is 6.16. The maximum Gasteiger partial charge on any atom is 0.306 e. The van der Waals surface area contributed by atoms with Gasteiger partial charge in [-0.05, 0) is 73.1 Å². The molecule has 3 aromatic rings. The molecule has 1 aromatic carbocycles. The summed E-state index contributed by atoms with van der Waals surface area (Å²) in [5, 5.41) is 0. The number of carbonyl (C=O) groups excluding carboxylic acids is 1. The zero-order valence-corrected chi connectivity index (χ0v) is 23.6. The van der Waals surface area contributed by atoms with Gasteiger partial charge in [0.15, 0.2) is 5.82 Å². The highest BCUT2D eigenvalue weighted by atomic mass is 19.1. The van der Waals surface area contributed by atoms with Crippen LogP contribution in [0.25, 0.3) is 16.8 Å². The summed E-state index contributed by atoms with van der Waals surface area (Å²) in [6.07, 6.45) is 9.46. The lowest BCUT2D eigenvalue weighted by Crippen LogP contribution is -2.14. The van der Waals surface area contributed by atoms with Gasteiger partial charge in [0, 0.05) is 11.6 Å². The van der Waals surface area contributed by atoms with Crippen LogP contribution in [0.4, 0.5) is 4.39 Å². The van der Waals surface area contributed by atoms with Crippen LogP contribution in [-0.2, 0) is 16.1 Å². The number of rotatable bonds is 11. The van der Waals surface area contributed by atoms with Gasteiger partial charge in [-0.2, -0.15) is 0 Å². The molecule has 2 heterocycles. The molecular weight excluding hydrogens is 509 g/mol. The molecule has 2 aliphatic rings. The maximum atomic E-state index is 14.9. The summed E-state index contributed by atoms with van der Waals surface area (Å²) in [5.74, 6) is 0.976. The third-order valence-corrected chi connectivity index (χ3v) is 7.77. The van der Waals surface area contributed by atoms with Crippen molar-refractivity contribution in [1.82, 2.24) is 15.0 Å².